The SMILES string of the molecule is Cc1cc(CC(C)NC(=O)/C=C/c2cc(CO)cs2)n[nH]1. The van der Waals surface area contributed by atoms with E-state index in [0.29, 0.717) is 6.42 Å². The molecule has 0 aliphatic carbocycles. The number of nitrogens with one attached hydrogen (secondary N) is 2. The summed E-state index contributed by atoms with van der Waals surface area (Å²) in [5, 5.41) is 20.8. The van der Waals surface area contributed by atoms with Crippen LogP contribution in [0.5, 0.6) is 0 Å². The summed E-state index contributed by atoms with van der Waals surface area (Å²) in [5.41, 5.74) is 2.82. The van der Waals surface area contributed by atoms with Crippen molar-refractivity contribution in [3.05, 3.63) is 45.4 Å². The van der Waals surface area contributed by atoms with Gasteiger partial charge in [-0.3, -0.25) is 9.89 Å². The largest absolute Gasteiger partial charge is 0.392 e. The zero-order valence-corrected chi connectivity index (χ0v) is 12.9. The van der Waals surface area contributed by atoms with Crippen LogP contribution >= 0.6 is 11.3 Å². The van der Waals surface area contributed by atoms with Crippen molar-refractivity contribution in [2.75, 3.05) is 0 Å². The second-order valence-corrected chi connectivity index (χ2v) is 5.95. The van der Waals surface area contributed by atoms with Gasteiger partial charge >= 0.3 is 0 Å². The van der Waals surface area contributed by atoms with E-state index < -0.39 is 0 Å². The van der Waals surface area contributed by atoms with Gasteiger partial charge in [0.25, 0.3) is 0 Å². The van der Waals surface area contributed by atoms with E-state index in [0.717, 1.165) is 21.8 Å². The number of amides is 1. The minimum Gasteiger partial charge on any atom is -0.392 e. The number of aliphatic hydroxyl groups excluding tert-OH is 1. The van der Waals surface area contributed by atoms with E-state index in [2.05, 4.69) is 15.5 Å². The van der Waals surface area contributed by atoms with Gasteiger partial charge in [0.05, 0.1) is 12.3 Å². The zero-order chi connectivity index (χ0) is 15.2. The van der Waals surface area contributed by atoms with Gasteiger partial charge < -0.3 is 10.4 Å². The Balaban J connectivity index is 1.83. The molecule has 2 rings (SSSR count). The summed E-state index contributed by atoms with van der Waals surface area (Å²) in [6.07, 6.45) is 3.96. The Bertz CT molecular complexity index is 630. The molecular formula is C15H19N3O2S. The maximum absolute atomic E-state index is 11.8. The molecule has 1 unspecified atom stereocenters. The number of hydrogen-bond donors (Lipinski definition) is 3. The van der Waals surface area contributed by atoms with Crippen LogP contribution in [-0.2, 0) is 17.8 Å². The maximum atomic E-state index is 11.8. The predicted molar refractivity (Wildman–Crippen MR) is 83.9 cm³/mol. The molecule has 0 aliphatic rings. The van der Waals surface area contributed by atoms with E-state index in [1.54, 1.807) is 6.08 Å². The van der Waals surface area contributed by atoms with Gasteiger partial charge in [0.1, 0.15) is 0 Å². The molecular weight excluding hydrogens is 286 g/mol. The van der Waals surface area contributed by atoms with Crippen LogP contribution in [0.25, 0.3) is 6.08 Å². The van der Waals surface area contributed by atoms with Crippen molar-refractivity contribution in [1.29, 1.82) is 0 Å². The van der Waals surface area contributed by atoms with Crippen LogP contribution in [0.2, 0.25) is 0 Å². The average Bonchev–Trinajstić information content (AvgIpc) is 3.05. The number of aromatic nitrogens is 2. The number of nitrogens with zero attached hydrogens (tertiary/aromatic N) is 1. The molecule has 0 aliphatic heterocycles. The number of aromatic amines is 1. The Morgan fingerprint density at radius 2 is 2.38 bits per heavy atom. The third-order valence-corrected chi connectivity index (χ3v) is 3.87. The summed E-state index contributed by atoms with van der Waals surface area (Å²) in [5.74, 6) is -0.131. The molecule has 0 bridgehead atoms. The molecule has 3 N–H and O–H groups in total. The van der Waals surface area contributed by atoms with Crippen LogP contribution < -0.4 is 5.32 Å². The Hall–Kier alpha value is -1.92. The minimum atomic E-state index is -0.131. The first kappa shape index (κ1) is 15.5. The van der Waals surface area contributed by atoms with E-state index in [-0.39, 0.29) is 18.6 Å². The number of H-pyrrole nitrogens is 1. The number of carbonyl (C=O) groups excluding carboxylic acids is 1. The van der Waals surface area contributed by atoms with Crippen molar-refractivity contribution in [3.63, 3.8) is 0 Å². The van der Waals surface area contributed by atoms with Crippen LogP contribution in [0, 0.1) is 6.92 Å². The molecule has 0 fully saturated rings. The van der Waals surface area contributed by atoms with Crippen molar-refractivity contribution in [2.45, 2.75) is 32.9 Å². The Morgan fingerprint density at radius 3 is 3.00 bits per heavy atom. The summed E-state index contributed by atoms with van der Waals surface area (Å²) in [6.45, 7) is 3.92. The molecule has 0 radical (unpaired) electrons. The molecule has 2 aromatic heterocycles. The highest BCUT2D eigenvalue weighted by molar-refractivity contribution is 7.11. The van der Waals surface area contributed by atoms with Gasteiger partial charge in [-0.15, -0.1) is 11.3 Å². The highest BCUT2D eigenvalue weighted by Gasteiger charge is 2.08. The maximum Gasteiger partial charge on any atom is 0.244 e. The highest BCUT2D eigenvalue weighted by atomic mass is 32.1. The van der Waals surface area contributed by atoms with E-state index in [1.807, 2.05) is 31.4 Å². The molecule has 0 aromatic carbocycles. The molecule has 1 atom stereocenters. The van der Waals surface area contributed by atoms with E-state index >= 15 is 0 Å². The van der Waals surface area contributed by atoms with Crippen LogP contribution in [0.15, 0.2) is 23.6 Å². The van der Waals surface area contributed by atoms with Gasteiger partial charge in [0, 0.05) is 29.1 Å². The van der Waals surface area contributed by atoms with Gasteiger partial charge in [-0.1, -0.05) is 0 Å². The number of carbonyl (C=O) groups is 1. The summed E-state index contributed by atoms with van der Waals surface area (Å²) >= 11 is 1.50. The first-order chi connectivity index (χ1) is 10.1. The van der Waals surface area contributed by atoms with Crippen molar-refractivity contribution in [2.24, 2.45) is 0 Å². The number of hydrogen-bond acceptors (Lipinski definition) is 4. The molecule has 112 valence electrons. The van der Waals surface area contributed by atoms with Gasteiger partial charge in [-0.05, 0) is 43.0 Å². The van der Waals surface area contributed by atoms with Crippen LogP contribution in [0.4, 0.5) is 0 Å². The fraction of sp³-hybridized carbons (Fsp3) is 0.333. The van der Waals surface area contributed by atoms with E-state index in [4.69, 9.17) is 5.11 Å². The molecule has 5 nitrogen and oxygen atoms in total. The lowest BCUT2D eigenvalue weighted by atomic mass is 10.2. The molecule has 0 spiro atoms. The van der Waals surface area contributed by atoms with Gasteiger partial charge in [-0.2, -0.15) is 5.10 Å². The lowest BCUT2D eigenvalue weighted by Gasteiger charge is -2.10. The van der Waals surface area contributed by atoms with Crippen LogP contribution in [0.3, 0.4) is 0 Å². The second kappa shape index (κ2) is 7.19. The van der Waals surface area contributed by atoms with Crippen molar-refractivity contribution in [3.8, 4) is 0 Å². The van der Waals surface area contributed by atoms with Crippen molar-refractivity contribution >= 4 is 23.3 Å². The van der Waals surface area contributed by atoms with Crippen LogP contribution in [0.1, 0.15) is 28.8 Å². The number of rotatable bonds is 6. The molecule has 2 heterocycles. The van der Waals surface area contributed by atoms with Gasteiger partial charge in [0.15, 0.2) is 0 Å². The fourth-order valence-electron chi connectivity index (χ4n) is 1.96. The molecule has 6 heteroatoms. The molecule has 0 saturated carbocycles. The summed E-state index contributed by atoms with van der Waals surface area (Å²) < 4.78 is 0. The smallest absolute Gasteiger partial charge is 0.244 e. The minimum absolute atomic E-state index is 0.0150. The first-order valence-corrected chi connectivity index (χ1v) is 7.62. The highest BCUT2D eigenvalue weighted by Crippen LogP contribution is 2.16. The summed E-state index contributed by atoms with van der Waals surface area (Å²) in [4.78, 5) is 12.8. The number of thiophene rings is 1. The monoisotopic (exact) mass is 305 g/mol. The lowest BCUT2D eigenvalue weighted by molar-refractivity contribution is -0.117. The molecule has 0 saturated heterocycles. The quantitative estimate of drug-likeness (QED) is 0.715. The second-order valence-electron chi connectivity index (χ2n) is 5.00. The van der Waals surface area contributed by atoms with Crippen molar-refractivity contribution < 1.29 is 9.90 Å². The lowest BCUT2D eigenvalue weighted by Crippen LogP contribution is -2.32. The molecule has 1 amide bonds. The number of aliphatic hydroxyl groups is 1. The summed E-state index contributed by atoms with van der Waals surface area (Å²) in [6, 6.07) is 3.85. The van der Waals surface area contributed by atoms with Crippen molar-refractivity contribution in [1.82, 2.24) is 15.5 Å². The zero-order valence-electron chi connectivity index (χ0n) is 12.1. The van der Waals surface area contributed by atoms with Gasteiger partial charge in [-0.25, -0.2) is 0 Å². The molecule has 21 heavy (non-hydrogen) atoms. The Labute approximate surface area is 127 Å². The van der Waals surface area contributed by atoms with E-state index in [9.17, 15) is 4.79 Å². The standard InChI is InChI=1S/C15H19N3O2S/c1-10(5-13-6-11(2)17-18-13)16-15(20)4-3-14-7-12(8-19)9-21-14/h3-4,6-7,9-10,19H,5,8H2,1-2H3,(H,16,20)(H,17,18)/b4-3+. The number of aryl methyl sites for hydroxylation is 1. The fourth-order valence-corrected chi connectivity index (χ4v) is 2.75. The Kier molecular flexibility index (Phi) is 5.30. The van der Waals surface area contributed by atoms with Gasteiger partial charge in [0.2, 0.25) is 5.91 Å². The van der Waals surface area contributed by atoms with E-state index in [1.165, 1.54) is 17.4 Å². The summed E-state index contributed by atoms with van der Waals surface area (Å²) in [7, 11) is 0. The topological polar surface area (TPSA) is 78.0 Å². The average molecular weight is 305 g/mol. The van der Waals surface area contributed by atoms with Crippen LogP contribution in [-0.4, -0.2) is 27.3 Å². The third kappa shape index (κ3) is 4.84. The first-order valence-electron chi connectivity index (χ1n) is 6.74. The predicted octanol–water partition coefficient (Wildman–Crippen LogP) is 2.03. The normalized spacial score (nSPS) is 12.7. The third-order valence-electron chi connectivity index (χ3n) is 2.92. The Morgan fingerprint density at radius 1 is 1.57 bits per heavy atom. The molecule has 2 aromatic rings.